The summed E-state index contributed by atoms with van der Waals surface area (Å²) in [7, 11) is -2.11. The summed E-state index contributed by atoms with van der Waals surface area (Å²) >= 11 is 0. The molecule has 1 aliphatic heterocycles. The fourth-order valence-corrected chi connectivity index (χ4v) is 5.40. The third-order valence-corrected chi connectivity index (χ3v) is 8.47. The third kappa shape index (κ3) is 6.38. The zero-order chi connectivity index (χ0) is 22.5. The maximum absolute atomic E-state index is 12.3. The number of likely N-dealkylation sites (N-methyl/N-ethyl adjacent to an activating group) is 1. The van der Waals surface area contributed by atoms with Gasteiger partial charge in [0.2, 0.25) is 21.8 Å². The predicted molar refractivity (Wildman–Crippen MR) is 114 cm³/mol. The van der Waals surface area contributed by atoms with E-state index in [0.717, 1.165) is 4.31 Å². The van der Waals surface area contributed by atoms with Gasteiger partial charge in [0, 0.05) is 33.3 Å². The van der Waals surface area contributed by atoms with Gasteiger partial charge in [-0.05, 0) is 36.6 Å². The third-order valence-electron chi connectivity index (χ3n) is 4.94. The molecule has 2 amide bonds. The average molecular weight is 458 g/mol. The summed E-state index contributed by atoms with van der Waals surface area (Å²) in [5, 5.41) is 2.49. The molecular formula is C19H27N3O6S2. The van der Waals surface area contributed by atoms with Crippen molar-refractivity contribution < 1.29 is 26.4 Å². The Bertz CT molecular complexity index is 1020. The Labute approximate surface area is 177 Å². The molecule has 1 saturated heterocycles. The smallest absolute Gasteiger partial charge is 0.244 e. The molecule has 11 heteroatoms. The topological polar surface area (TPSA) is 121 Å². The number of amides is 2. The molecule has 1 aromatic rings. The highest BCUT2D eigenvalue weighted by atomic mass is 32.2. The summed E-state index contributed by atoms with van der Waals surface area (Å²) in [5.74, 6) is -0.677. The van der Waals surface area contributed by atoms with Crippen LogP contribution in [-0.2, 0) is 29.4 Å². The van der Waals surface area contributed by atoms with Crippen molar-refractivity contribution in [3.8, 4) is 0 Å². The molecular weight excluding hydrogens is 430 g/mol. The van der Waals surface area contributed by atoms with Crippen LogP contribution in [0.4, 0.5) is 0 Å². The highest BCUT2D eigenvalue weighted by Gasteiger charge is 2.28. The minimum atomic E-state index is -3.58. The number of hydrogen-bond donors (Lipinski definition) is 1. The number of carbonyl (C=O) groups excluding carboxylic acids is 2. The maximum atomic E-state index is 12.3. The molecule has 0 unspecified atom stereocenters. The van der Waals surface area contributed by atoms with Gasteiger partial charge in [0.1, 0.15) is 9.84 Å². The molecule has 0 saturated carbocycles. The normalized spacial score (nSPS) is 17.2. The van der Waals surface area contributed by atoms with Crippen LogP contribution in [0.5, 0.6) is 0 Å². The summed E-state index contributed by atoms with van der Waals surface area (Å²) in [6.45, 7) is -0.210. The van der Waals surface area contributed by atoms with Gasteiger partial charge in [-0.15, -0.1) is 0 Å². The first-order chi connectivity index (χ1) is 13.9. The van der Waals surface area contributed by atoms with Crippen molar-refractivity contribution in [1.29, 1.82) is 0 Å². The first kappa shape index (κ1) is 24.0. The summed E-state index contributed by atoms with van der Waals surface area (Å²) in [6, 6.07) is 6.01. The van der Waals surface area contributed by atoms with Crippen molar-refractivity contribution in [3.05, 3.63) is 35.9 Å². The van der Waals surface area contributed by atoms with Crippen LogP contribution in [0.3, 0.4) is 0 Å². The Morgan fingerprint density at radius 3 is 2.40 bits per heavy atom. The van der Waals surface area contributed by atoms with E-state index in [-0.39, 0.29) is 34.9 Å². The summed E-state index contributed by atoms with van der Waals surface area (Å²) < 4.78 is 48.5. The molecule has 1 fully saturated rings. The van der Waals surface area contributed by atoms with Crippen LogP contribution in [0.15, 0.2) is 35.2 Å². The SMILES string of the molecule is CN(C(=O)CNC(=O)/C=C/c1cccc(S(=O)(=O)N(C)C)c1)C1CCS(=O)(=O)CC1. The number of rotatable bonds is 7. The molecule has 1 aliphatic rings. The van der Waals surface area contributed by atoms with Gasteiger partial charge in [0.25, 0.3) is 0 Å². The van der Waals surface area contributed by atoms with Crippen molar-refractivity contribution in [3.63, 3.8) is 0 Å². The Balaban J connectivity index is 1.90. The number of benzene rings is 1. The second-order valence-electron chi connectivity index (χ2n) is 7.30. The standard InChI is InChI=1S/C19H27N3O6S2/c1-21(2)30(27,28)17-6-4-5-15(13-17)7-8-18(23)20-14-19(24)22(3)16-9-11-29(25,26)12-10-16/h4-8,13,16H,9-12,14H2,1-3H3,(H,20,23)/b8-7+. The second-order valence-corrected chi connectivity index (χ2v) is 11.8. The van der Waals surface area contributed by atoms with Gasteiger partial charge in [-0.3, -0.25) is 9.59 Å². The number of carbonyl (C=O) groups is 2. The van der Waals surface area contributed by atoms with E-state index in [1.54, 1.807) is 19.2 Å². The molecule has 0 aliphatic carbocycles. The summed E-state index contributed by atoms with van der Waals surface area (Å²) in [6.07, 6.45) is 3.47. The van der Waals surface area contributed by atoms with E-state index in [0.29, 0.717) is 18.4 Å². The van der Waals surface area contributed by atoms with Gasteiger partial charge in [0.05, 0.1) is 22.9 Å². The minimum absolute atomic E-state index is 0.0625. The van der Waals surface area contributed by atoms with E-state index in [1.807, 2.05) is 0 Å². The summed E-state index contributed by atoms with van der Waals surface area (Å²) in [4.78, 5) is 25.9. The monoisotopic (exact) mass is 457 g/mol. The highest BCUT2D eigenvalue weighted by molar-refractivity contribution is 7.91. The molecule has 0 spiro atoms. The quantitative estimate of drug-likeness (QED) is 0.580. The van der Waals surface area contributed by atoms with Crippen LogP contribution in [0.1, 0.15) is 18.4 Å². The van der Waals surface area contributed by atoms with Gasteiger partial charge >= 0.3 is 0 Å². The Morgan fingerprint density at radius 1 is 1.17 bits per heavy atom. The lowest BCUT2D eigenvalue weighted by atomic mass is 10.1. The molecule has 9 nitrogen and oxygen atoms in total. The van der Waals surface area contributed by atoms with E-state index >= 15 is 0 Å². The van der Waals surface area contributed by atoms with E-state index in [9.17, 15) is 26.4 Å². The van der Waals surface area contributed by atoms with Gasteiger partial charge in [-0.25, -0.2) is 21.1 Å². The molecule has 1 heterocycles. The fourth-order valence-electron chi connectivity index (χ4n) is 2.98. The average Bonchev–Trinajstić information content (AvgIpc) is 2.70. The van der Waals surface area contributed by atoms with E-state index < -0.39 is 25.8 Å². The molecule has 0 bridgehead atoms. The number of nitrogens with zero attached hydrogens (tertiary/aromatic N) is 2. The van der Waals surface area contributed by atoms with Gasteiger partial charge < -0.3 is 10.2 Å². The number of hydrogen-bond acceptors (Lipinski definition) is 6. The van der Waals surface area contributed by atoms with Gasteiger partial charge in [-0.1, -0.05) is 12.1 Å². The maximum Gasteiger partial charge on any atom is 0.244 e. The van der Waals surface area contributed by atoms with E-state index in [4.69, 9.17) is 0 Å². The first-order valence-corrected chi connectivity index (χ1v) is 12.6. The lowest BCUT2D eigenvalue weighted by molar-refractivity contribution is -0.132. The molecule has 2 rings (SSSR count). The molecule has 0 atom stereocenters. The van der Waals surface area contributed by atoms with Crippen molar-refractivity contribution in [2.24, 2.45) is 0 Å². The Hall–Kier alpha value is -2.24. The van der Waals surface area contributed by atoms with Crippen molar-refractivity contribution >= 4 is 37.8 Å². The van der Waals surface area contributed by atoms with Crippen LogP contribution >= 0.6 is 0 Å². The molecule has 1 N–H and O–H groups in total. The van der Waals surface area contributed by atoms with Crippen LogP contribution in [0, 0.1) is 0 Å². The zero-order valence-electron chi connectivity index (χ0n) is 17.2. The van der Waals surface area contributed by atoms with Crippen molar-refractivity contribution in [1.82, 2.24) is 14.5 Å². The lowest BCUT2D eigenvalue weighted by Gasteiger charge is -2.31. The fraction of sp³-hybridized carbons (Fsp3) is 0.474. The molecule has 1 aromatic carbocycles. The van der Waals surface area contributed by atoms with Gasteiger partial charge in [-0.2, -0.15) is 0 Å². The molecule has 0 aromatic heterocycles. The Morgan fingerprint density at radius 2 is 1.80 bits per heavy atom. The highest BCUT2D eigenvalue weighted by Crippen LogP contribution is 2.17. The summed E-state index contributed by atoms with van der Waals surface area (Å²) in [5.41, 5.74) is 0.528. The van der Waals surface area contributed by atoms with E-state index in [2.05, 4.69) is 5.32 Å². The largest absolute Gasteiger partial charge is 0.343 e. The van der Waals surface area contributed by atoms with Crippen LogP contribution in [0.2, 0.25) is 0 Å². The van der Waals surface area contributed by atoms with Crippen LogP contribution in [0.25, 0.3) is 6.08 Å². The van der Waals surface area contributed by atoms with Crippen LogP contribution in [-0.4, -0.2) is 83.1 Å². The number of sulfonamides is 1. The van der Waals surface area contributed by atoms with E-state index in [1.165, 1.54) is 43.3 Å². The number of nitrogens with one attached hydrogen (secondary N) is 1. The minimum Gasteiger partial charge on any atom is -0.343 e. The molecule has 166 valence electrons. The van der Waals surface area contributed by atoms with Crippen molar-refractivity contribution in [2.45, 2.75) is 23.8 Å². The first-order valence-electron chi connectivity index (χ1n) is 9.37. The van der Waals surface area contributed by atoms with Crippen molar-refractivity contribution in [2.75, 3.05) is 39.2 Å². The van der Waals surface area contributed by atoms with Gasteiger partial charge in [0.15, 0.2) is 0 Å². The lowest BCUT2D eigenvalue weighted by Crippen LogP contribution is -2.46. The zero-order valence-corrected chi connectivity index (χ0v) is 18.9. The Kier molecular flexibility index (Phi) is 7.78. The number of sulfone groups is 1. The van der Waals surface area contributed by atoms with Crippen LogP contribution < -0.4 is 5.32 Å². The molecule has 0 radical (unpaired) electrons. The second kappa shape index (κ2) is 9.71. The predicted octanol–water partition coefficient (Wildman–Crippen LogP) is 0.102. The molecule has 30 heavy (non-hydrogen) atoms.